The molecular formula is C17H23N5O5. The van der Waals surface area contributed by atoms with Crippen molar-refractivity contribution in [2.75, 3.05) is 13.3 Å². The molecule has 6 rings (SSSR count). The summed E-state index contributed by atoms with van der Waals surface area (Å²) in [5.41, 5.74) is 5.55. The summed E-state index contributed by atoms with van der Waals surface area (Å²) >= 11 is 0. The van der Waals surface area contributed by atoms with Crippen LogP contribution in [0, 0.1) is 5.92 Å². The Bertz CT molecular complexity index is 803. The van der Waals surface area contributed by atoms with Crippen molar-refractivity contribution in [3.63, 3.8) is 0 Å². The fourth-order valence-electron chi connectivity index (χ4n) is 5.98. The van der Waals surface area contributed by atoms with Crippen molar-refractivity contribution in [1.82, 2.24) is 4.90 Å². The van der Waals surface area contributed by atoms with Gasteiger partial charge < -0.3 is 29.7 Å². The summed E-state index contributed by atoms with van der Waals surface area (Å²) in [5.74, 6) is 1.11. The van der Waals surface area contributed by atoms with Gasteiger partial charge in [0.15, 0.2) is 17.7 Å². The molecule has 0 aromatic heterocycles. The number of hydrogen-bond acceptors (Lipinski definition) is 10. The minimum absolute atomic E-state index is 0.190. The topological polar surface area (TPSA) is 149 Å². The molecule has 0 aromatic carbocycles. The molecule has 10 heteroatoms. The van der Waals surface area contributed by atoms with Crippen LogP contribution in [0.4, 0.5) is 0 Å². The summed E-state index contributed by atoms with van der Waals surface area (Å²) in [4.78, 5) is 15.2. The highest BCUT2D eigenvalue weighted by Gasteiger charge is 2.85. The van der Waals surface area contributed by atoms with Crippen molar-refractivity contribution in [3.8, 4) is 0 Å². The maximum atomic E-state index is 10.4. The van der Waals surface area contributed by atoms with Crippen LogP contribution >= 0.6 is 0 Å². The minimum atomic E-state index is -1.19. The number of aliphatic hydroxyl groups is 3. The first-order valence-electron chi connectivity index (χ1n) is 9.50. The van der Waals surface area contributed by atoms with Crippen molar-refractivity contribution in [2.24, 2.45) is 26.6 Å². The summed E-state index contributed by atoms with van der Waals surface area (Å²) in [6, 6.07) is 0. The van der Waals surface area contributed by atoms with Gasteiger partial charge in [0.1, 0.15) is 48.2 Å². The molecule has 6 aliphatic rings. The van der Waals surface area contributed by atoms with Crippen LogP contribution in [0.2, 0.25) is 0 Å². The fourth-order valence-corrected chi connectivity index (χ4v) is 5.98. The number of epoxide rings is 1. The average molecular weight is 377 g/mol. The molecule has 4 fully saturated rings. The molecule has 2 saturated carbocycles. The Hall–Kier alpha value is -1.43. The van der Waals surface area contributed by atoms with Gasteiger partial charge in [-0.2, -0.15) is 0 Å². The zero-order valence-electron chi connectivity index (χ0n) is 14.7. The third-order valence-electron chi connectivity index (χ3n) is 7.32. The molecule has 4 unspecified atom stereocenters. The maximum absolute atomic E-state index is 10.4. The molecular weight excluding hydrogens is 354 g/mol. The number of aliphatic imine (C=N–C) groups is 3. The van der Waals surface area contributed by atoms with Gasteiger partial charge in [-0.05, 0) is 31.6 Å². The lowest BCUT2D eigenvalue weighted by Gasteiger charge is -2.37. The molecule has 27 heavy (non-hydrogen) atoms. The van der Waals surface area contributed by atoms with Crippen LogP contribution in [0.25, 0.3) is 0 Å². The van der Waals surface area contributed by atoms with Gasteiger partial charge in [0.05, 0.1) is 6.61 Å². The number of rotatable bonds is 3. The molecule has 2 saturated heterocycles. The molecule has 2 bridgehead atoms. The Morgan fingerprint density at radius 3 is 2.81 bits per heavy atom. The number of ether oxygens (including phenoxy) is 2. The molecule has 1 spiro atoms. The summed E-state index contributed by atoms with van der Waals surface area (Å²) in [6.45, 7) is -0.193. The summed E-state index contributed by atoms with van der Waals surface area (Å²) in [5, 5.41) is 29.8. The van der Waals surface area contributed by atoms with Crippen LogP contribution in [-0.2, 0) is 9.47 Å². The average Bonchev–Trinajstić information content (AvgIpc) is 3.06. The van der Waals surface area contributed by atoms with E-state index in [2.05, 4.69) is 15.0 Å². The van der Waals surface area contributed by atoms with Gasteiger partial charge in [-0.3, -0.25) is 10.7 Å². The zero-order chi connectivity index (χ0) is 18.6. The van der Waals surface area contributed by atoms with E-state index in [0.717, 1.165) is 19.3 Å². The lowest BCUT2D eigenvalue weighted by molar-refractivity contribution is -0.0688. The second-order valence-corrected chi connectivity index (χ2v) is 8.55. The van der Waals surface area contributed by atoms with Gasteiger partial charge in [-0.1, -0.05) is 0 Å². The molecule has 10 nitrogen and oxygen atoms in total. The summed E-state index contributed by atoms with van der Waals surface area (Å²) < 4.78 is 11.9. The fraction of sp³-hybridized carbons (Fsp3) is 0.824. The zero-order valence-corrected chi connectivity index (χ0v) is 14.7. The Morgan fingerprint density at radius 1 is 1.30 bits per heavy atom. The SMILES string of the molecule is NC1(C23CC4CCC2(C4)O3)N=CN=C2C1=NCN2[C@@H]1O[C@H](CO)[C@@H](O)[C@H]1O. The predicted molar refractivity (Wildman–Crippen MR) is 93.3 cm³/mol. The second-order valence-electron chi connectivity index (χ2n) is 8.55. The maximum Gasteiger partial charge on any atom is 0.187 e. The molecule has 0 aromatic rings. The molecule has 146 valence electrons. The number of aliphatic hydroxyl groups excluding tert-OH is 3. The van der Waals surface area contributed by atoms with E-state index in [-0.39, 0.29) is 18.9 Å². The quantitative estimate of drug-likeness (QED) is 0.414. The first-order valence-corrected chi connectivity index (χ1v) is 9.50. The first kappa shape index (κ1) is 16.5. The van der Waals surface area contributed by atoms with E-state index in [0.29, 0.717) is 17.5 Å². The highest BCUT2D eigenvalue weighted by Crippen LogP contribution is 2.73. The Labute approximate surface area is 155 Å². The van der Waals surface area contributed by atoms with Crippen LogP contribution in [0.15, 0.2) is 15.0 Å². The number of fused-ring (bicyclic) bond motifs is 2. The third-order valence-corrected chi connectivity index (χ3v) is 7.32. The van der Waals surface area contributed by atoms with E-state index in [1.54, 1.807) is 4.90 Å². The van der Waals surface area contributed by atoms with Gasteiger partial charge in [0.25, 0.3) is 0 Å². The second kappa shape index (κ2) is 4.94. The van der Waals surface area contributed by atoms with Crippen molar-refractivity contribution in [1.29, 1.82) is 0 Å². The van der Waals surface area contributed by atoms with Gasteiger partial charge in [-0.15, -0.1) is 0 Å². The van der Waals surface area contributed by atoms with E-state index < -0.39 is 35.8 Å². The smallest absolute Gasteiger partial charge is 0.187 e. The summed E-state index contributed by atoms with van der Waals surface area (Å²) in [7, 11) is 0. The Morgan fingerprint density at radius 2 is 2.15 bits per heavy atom. The minimum Gasteiger partial charge on any atom is -0.394 e. The lowest BCUT2D eigenvalue weighted by atomic mass is 9.76. The number of nitrogens with two attached hydrogens (primary N) is 1. The number of amidine groups is 1. The van der Waals surface area contributed by atoms with Gasteiger partial charge in [0, 0.05) is 0 Å². The number of nitrogens with zero attached hydrogens (tertiary/aromatic N) is 4. The van der Waals surface area contributed by atoms with E-state index in [9.17, 15) is 15.3 Å². The van der Waals surface area contributed by atoms with Crippen molar-refractivity contribution in [3.05, 3.63) is 0 Å². The molecule has 2 aliphatic carbocycles. The standard InChI is InChI=1S/C17H23N5O5/c18-17(16-4-8-1-2-15(16,3-8)27-16)12-13(19-6-21-17)22(7-20-12)14-11(25)10(24)9(5-23)26-14/h6,8-11,14,23-25H,1-5,7,18H2/t8?,9-,10-,11-,14-,15?,16?,17?/m1/s1. The lowest BCUT2D eigenvalue weighted by Crippen LogP contribution is -2.64. The van der Waals surface area contributed by atoms with Crippen LogP contribution in [0.3, 0.4) is 0 Å². The van der Waals surface area contributed by atoms with E-state index >= 15 is 0 Å². The summed E-state index contributed by atoms with van der Waals surface area (Å²) in [6.07, 6.45) is 1.44. The van der Waals surface area contributed by atoms with E-state index in [1.165, 1.54) is 12.8 Å². The van der Waals surface area contributed by atoms with Crippen LogP contribution in [-0.4, -0.2) is 92.8 Å². The van der Waals surface area contributed by atoms with Crippen molar-refractivity contribution in [2.45, 2.75) is 67.1 Å². The van der Waals surface area contributed by atoms with Crippen LogP contribution in [0.5, 0.6) is 0 Å². The molecule has 4 heterocycles. The van der Waals surface area contributed by atoms with Gasteiger partial charge in [0.2, 0.25) is 0 Å². The third kappa shape index (κ3) is 1.75. The van der Waals surface area contributed by atoms with Gasteiger partial charge in [-0.25, -0.2) is 9.98 Å². The highest BCUT2D eigenvalue weighted by atomic mass is 16.6. The Kier molecular flexibility index (Phi) is 3.02. The van der Waals surface area contributed by atoms with Gasteiger partial charge >= 0.3 is 0 Å². The molecule has 0 amide bonds. The van der Waals surface area contributed by atoms with Crippen molar-refractivity contribution < 1.29 is 24.8 Å². The molecule has 0 radical (unpaired) electrons. The molecule has 4 aliphatic heterocycles. The first-order chi connectivity index (χ1) is 12.9. The highest BCUT2D eigenvalue weighted by molar-refractivity contribution is 6.47. The van der Waals surface area contributed by atoms with Crippen molar-refractivity contribution >= 4 is 17.9 Å². The Balaban J connectivity index is 1.32. The largest absolute Gasteiger partial charge is 0.394 e. The van der Waals surface area contributed by atoms with E-state index in [4.69, 9.17) is 15.2 Å². The van der Waals surface area contributed by atoms with E-state index in [1.807, 2.05) is 0 Å². The predicted octanol–water partition coefficient (Wildman–Crippen LogP) is -2.05. The molecule has 8 atom stereocenters. The number of hydrogen-bond donors (Lipinski definition) is 4. The monoisotopic (exact) mass is 377 g/mol. The normalized spacial score (nSPS) is 54.8. The van der Waals surface area contributed by atoms with Crippen LogP contribution in [0.1, 0.15) is 25.7 Å². The van der Waals surface area contributed by atoms with Crippen LogP contribution < -0.4 is 5.73 Å². The molecule has 5 N–H and O–H groups in total.